The molecule has 9 heteroatoms. The van der Waals surface area contributed by atoms with Crippen LogP contribution < -0.4 is 9.47 Å². The van der Waals surface area contributed by atoms with Crippen LogP contribution in [0.25, 0.3) is 11.4 Å². The Bertz CT molecular complexity index is 1180. The molecule has 9 nitrogen and oxygen atoms in total. The number of methoxy groups -OCH3 is 1. The van der Waals surface area contributed by atoms with Gasteiger partial charge in [-0.1, -0.05) is 31.1 Å². The Labute approximate surface area is 204 Å². The number of amides is 1. The molecule has 1 aromatic heterocycles. The van der Waals surface area contributed by atoms with Crippen LogP contribution in [0.15, 0.2) is 53.1 Å². The number of nitriles is 1. The van der Waals surface area contributed by atoms with Crippen LogP contribution in [0, 0.1) is 17.2 Å². The molecule has 0 bridgehead atoms. The number of carbonyl (C=O) groups is 1. The van der Waals surface area contributed by atoms with Gasteiger partial charge in [0, 0.05) is 31.7 Å². The van der Waals surface area contributed by atoms with E-state index >= 15 is 0 Å². The van der Waals surface area contributed by atoms with Crippen molar-refractivity contribution in [3.63, 3.8) is 0 Å². The quantitative estimate of drug-likeness (QED) is 0.488. The van der Waals surface area contributed by atoms with E-state index in [4.69, 9.17) is 14.0 Å². The summed E-state index contributed by atoms with van der Waals surface area (Å²) in [5.41, 5.74) is 1.28. The van der Waals surface area contributed by atoms with Crippen molar-refractivity contribution in [1.82, 2.24) is 19.9 Å². The molecule has 0 saturated carbocycles. The highest BCUT2D eigenvalue weighted by Gasteiger charge is 2.32. The molecule has 0 aliphatic carbocycles. The van der Waals surface area contributed by atoms with E-state index in [1.54, 1.807) is 31.4 Å². The third kappa shape index (κ3) is 5.78. The summed E-state index contributed by atoms with van der Waals surface area (Å²) in [7, 11) is 1.62. The molecule has 0 radical (unpaired) electrons. The van der Waals surface area contributed by atoms with Crippen molar-refractivity contribution in [2.75, 3.05) is 33.3 Å². The highest BCUT2D eigenvalue weighted by molar-refractivity contribution is 5.81. The first-order chi connectivity index (χ1) is 17.0. The summed E-state index contributed by atoms with van der Waals surface area (Å²) in [6, 6.07) is 16.6. The van der Waals surface area contributed by atoms with E-state index in [1.165, 1.54) is 0 Å². The molecule has 1 fully saturated rings. The van der Waals surface area contributed by atoms with E-state index in [2.05, 4.69) is 21.1 Å². The van der Waals surface area contributed by atoms with E-state index in [0.717, 1.165) is 11.3 Å². The van der Waals surface area contributed by atoms with Crippen molar-refractivity contribution in [1.29, 1.82) is 5.26 Å². The van der Waals surface area contributed by atoms with Gasteiger partial charge in [0.1, 0.15) is 17.6 Å². The number of hydrogen-bond donors (Lipinski definition) is 0. The maximum Gasteiger partial charge on any atom is 0.264 e. The first-order valence-corrected chi connectivity index (χ1v) is 11.6. The van der Waals surface area contributed by atoms with Gasteiger partial charge in [-0.05, 0) is 42.3 Å². The van der Waals surface area contributed by atoms with Gasteiger partial charge < -0.3 is 18.9 Å². The minimum atomic E-state index is -0.654. The van der Waals surface area contributed by atoms with Crippen LogP contribution in [0.3, 0.4) is 0 Å². The topological polar surface area (TPSA) is 105 Å². The van der Waals surface area contributed by atoms with Gasteiger partial charge in [-0.25, -0.2) is 0 Å². The summed E-state index contributed by atoms with van der Waals surface area (Å²) in [5, 5.41) is 13.4. The maximum atomic E-state index is 13.3. The second-order valence-electron chi connectivity index (χ2n) is 8.73. The number of piperazine rings is 1. The van der Waals surface area contributed by atoms with Crippen LogP contribution >= 0.6 is 0 Å². The Balaban J connectivity index is 1.33. The second-order valence-corrected chi connectivity index (χ2v) is 8.73. The van der Waals surface area contributed by atoms with Gasteiger partial charge in [-0.15, -0.1) is 0 Å². The van der Waals surface area contributed by atoms with Crippen LogP contribution in [-0.4, -0.2) is 65.2 Å². The fraction of sp³-hybridized carbons (Fsp3) is 0.385. The van der Waals surface area contributed by atoms with Gasteiger partial charge in [0.15, 0.2) is 6.10 Å². The van der Waals surface area contributed by atoms with Crippen LogP contribution in [0.4, 0.5) is 0 Å². The van der Waals surface area contributed by atoms with Gasteiger partial charge in [0.2, 0.25) is 11.7 Å². The molecule has 2 aromatic carbocycles. The molecule has 1 amide bonds. The van der Waals surface area contributed by atoms with Crippen molar-refractivity contribution < 1.29 is 18.8 Å². The molecular formula is C26H29N5O4. The molecule has 3 aromatic rings. The zero-order chi connectivity index (χ0) is 24.8. The molecule has 35 heavy (non-hydrogen) atoms. The predicted octanol–water partition coefficient (Wildman–Crippen LogP) is 3.36. The van der Waals surface area contributed by atoms with Crippen LogP contribution in [0.2, 0.25) is 0 Å². The zero-order valence-electron chi connectivity index (χ0n) is 20.2. The second kappa shape index (κ2) is 11.0. The van der Waals surface area contributed by atoms with Crippen molar-refractivity contribution in [2.24, 2.45) is 5.92 Å². The Morgan fingerprint density at radius 1 is 1.11 bits per heavy atom. The fourth-order valence-corrected chi connectivity index (χ4v) is 3.94. The third-order valence-electron chi connectivity index (χ3n) is 5.97. The maximum absolute atomic E-state index is 13.3. The average molecular weight is 476 g/mol. The molecule has 2 heterocycles. The van der Waals surface area contributed by atoms with Gasteiger partial charge >= 0.3 is 0 Å². The molecule has 182 valence electrons. The molecule has 4 rings (SSSR count). The summed E-state index contributed by atoms with van der Waals surface area (Å²) in [6.07, 6.45) is -0.654. The number of aromatic nitrogens is 2. The lowest BCUT2D eigenvalue weighted by Gasteiger charge is -2.36. The van der Waals surface area contributed by atoms with E-state index in [1.807, 2.05) is 43.0 Å². The van der Waals surface area contributed by atoms with Crippen molar-refractivity contribution in [3.8, 4) is 29.0 Å². The van der Waals surface area contributed by atoms with Crippen molar-refractivity contribution in [3.05, 3.63) is 60.0 Å². The average Bonchev–Trinajstić information content (AvgIpc) is 3.36. The van der Waals surface area contributed by atoms with E-state index < -0.39 is 6.10 Å². The van der Waals surface area contributed by atoms with Crippen LogP contribution in [-0.2, 0) is 11.3 Å². The minimum Gasteiger partial charge on any atom is -0.497 e. The monoisotopic (exact) mass is 475 g/mol. The van der Waals surface area contributed by atoms with Gasteiger partial charge in [-0.2, -0.15) is 10.2 Å². The largest absolute Gasteiger partial charge is 0.497 e. The number of para-hydroxylation sites is 1. The lowest BCUT2D eigenvalue weighted by molar-refractivity contribution is -0.142. The van der Waals surface area contributed by atoms with Gasteiger partial charge in [0.05, 0.1) is 19.2 Å². The standard InChI is InChI=1S/C26H29N5O4/c1-18(2)24(34-22-7-5-4-6-20(22)16-27)26(32)31-14-12-30(13-15-31)17-23-28-25(29-35-23)19-8-10-21(33-3)11-9-19/h4-11,18,24H,12-15,17H2,1-3H3. The Morgan fingerprint density at radius 3 is 2.49 bits per heavy atom. The van der Waals surface area contributed by atoms with Gasteiger partial charge in [0.25, 0.3) is 5.91 Å². The molecule has 1 atom stereocenters. The summed E-state index contributed by atoms with van der Waals surface area (Å²) in [6.45, 7) is 6.94. The lowest BCUT2D eigenvalue weighted by Crippen LogP contribution is -2.53. The van der Waals surface area contributed by atoms with Crippen molar-refractivity contribution in [2.45, 2.75) is 26.5 Å². The molecule has 1 saturated heterocycles. The highest BCUT2D eigenvalue weighted by atomic mass is 16.5. The Hall–Kier alpha value is -3.90. The summed E-state index contributed by atoms with van der Waals surface area (Å²) >= 11 is 0. The van der Waals surface area contributed by atoms with Crippen LogP contribution in [0.5, 0.6) is 11.5 Å². The first-order valence-electron chi connectivity index (χ1n) is 11.6. The van der Waals surface area contributed by atoms with Gasteiger partial charge in [-0.3, -0.25) is 9.69 Å². The summed E-state index contributed by atoms with van der Waals surface area (Å²) in [5.74, 6) is 2.17. The smallest absolute Gasteiger partial charge is 0.264 e. The van der Waals surface area contributed by atoms with E-state index in [-0.39, 0.29) is 11.8 Å². The Kier molecular flexibility index (Phi) is 7.63. The molecule has 1 aliphatic heterocycles. The van der Waals surface area contributed by atoms with Crippen molar-refractivity contribution >= 4 is 5.91 Å². The summed E-state index contributed by atoms with van der Waals surface area (Å²) in [4.78, 5) is 21.8. The minimum absolute atomic E-state index is 0.0398. The number of hydrogen-bond acceptors (Lipinski definition) is 8. The molecule has 0 spiro atoms. The first kappa shape index (κ1) is 24.2. The SMILES string of the molecule is COc1ccc(-c2noc(CN3CCN(C(=O)C(Oc4ccccc4C#N)C(C)C)CC3)n2)cc1. The Morgan fingerprint density at radius 2 is 1.83 bits per heavy atom. The third-order valence-corrected chi connectivity index (χ3v) is 5.97. The molecule has 1 aliphatic rings. The summed E-state index contributed by atoms with van der Waals surface area (Å²) < 4.78 is 16.7. The number of benzene rings is 2. The van der Waals surface area contributed by atoms with E-state index in [9.17, 15) is 10.1 Å². The molecule has 0 N–H and O–H groups in total. The normalized spacial score (nSPS) is 15.0. The number of carbonyl (C=O) groups excluding carboxylic acids is 1. The number of ether oxygens (including phenoxy) is 2. The fourth-order valence-electron chi connectivity index (χ4n) is 3.94. The molecule has 1 unspecified atom stereocenters. The molecular weight excluding hydrogens is 446 g/mol. The van der Waals surface area contributed by atoms with E-state index in [0.29, 0.717) is 55.8 Å². The highest BCUT2D eigenvalue weighted by Crippen LogP contribution is 2.23. The lowest BCUT2D eigenvalue weighted by atomic mass is 10.0. The number of rotatable bonds is 8. The number of nitrogens with zero attached hydrogens (tertiary/aromatic N) is 5. The zero-order valence-corrected chi connectivity index (χ0v) is 20.2. The van der Waals surface area contributed by atoms with Crippen LogP contribution in [0.1, 0.15) is 25.3 Å². The predicted molar refractivity (Wildman–Crippen MR) is 129 cm³/mol.